The Labute approximate surface area is 44.0 Å². The molecule has 1 heteroatoms. The normalized spacial score (nSPS) is 8.00. The molecule has 0 amide bonds. The molecule has 38 valence electrons. The Balaban J connectivity index is 3.32. The molecule has 0 saturated carbocycles. The summed E-state index contributed by atoms with van der Waals surface area (Å²) in [5, 5.41) is 10.0. The molecule has 0 radical (unpaired) electrons. The maximum atomic E-state index is 10.0. The van der Waals surface area contributed by atoms with Crippen LogP contribution in [0.25, 0.3) is 0 Å². The van der Waals surface area contributed by atoms with Crippen LogP contribution in [0, 0.1) is 6.92 Å². The van der Waals surface area contributed by atoms with E-state index in [1.54, 1.807) is 0 Å². The summed E-state index contributed by atoms with van der Waals surface area (Å²) in [7, 11) is 0. The van der Waals surface area contributed by atoms with Gasteiger partial charge in [-0.15, -0.1) is 12.3 Å². The number of hydrogen-bond acceptors (Lipinski definition) is 1. The largest absolute Gasteiger partial charge is 0.876 e. The fraction of sp³-hybridized carbons (Fsp3) is 0.167. The number of rotatable bonds is 2. The van der Waals surface area contributed by atoms with E-state index in [9.17, 15) is 5.11 Å². The summed E-state index contributed by atoms with van der Waals surface area (Å²) in [6, 6.07) is 0. The van der Waals surface area contributed by atoms with Crippen molar-refractivity contribution in [2.45, 2.75) is 6.42 Å². The lowest BCUT2D eigenvalue weighted by Gasteiger charge is -2.02. The molecule has 0 N–H and O–H groups in total. The van der Waals surface area contributed by atoms with Gasteiger partial charge in [0.15, 0.2) is 0 Å². The van der Waals surface area contributed by atoms with Gasteiger partial charge in [0.05, 0.1) is 5.57 Å². The highest BCUT2D eigenvalue weighted by Gasteiger charge is 1.85. The van der Waals surface area contributed by atoms with Crippen molar-refractivity contribution in [3.8, 4) is 0 Å². The van der Waals surface area contributed by atoms with Crippen molar-refractivity contribution >= 4 is 0 Å². The molecule has 0 aliphatic heterocycles. The Hall–Kier alpha value is -0.850. The van der Waals surface area contributed by atoms with E-state index in [-0.39, 0.29) is 5.76 Å². The highest BCUT2D eigenvalue weighted by Crippen LogP contribution is 1.97. The van der Waals surface area contributed by atoms with Gasteiger partial charge in [-0.25, -0.2) is 0 Å². The van der Waals surface area contributed by atoms with Gasteiger partial charge in [-0.2, -0.15) is 0 Å². The number of allylic oxidation sites excluding steroid dienone is 1. The Bertz CT molecular complexity index is 80.4. The lowest BCUT2D eigenvalue weighted by molar-refractivity contribution is -0.304. The first-order valence-electron chi connectivity index (χ1n) is 1.97. The van der Waals surface area contributed by atoms with Crippen LogP contribution < -0.4 is 5.11 Å². The van der Waals surface area contributed by atoms with Crippen LogP contribution in [0.15, 0.2) is 24.5 Å². The maximum Gasteiger partial charge on any atom is 0.0995 e. The fourth-order valence-electron chi connectivity index (χ4n) is 0.279. The minimum absolute atomic E-state index is 0.125. The quantitative estimate of drug-likeness (QED) is 0.365. The lowest BCUT2D eigenvalue weighted by atomic mass is 10.2. The molecule has 0 fully saturated rings. The topological polar surface area (TPSA) is 23.1 Å². The van der Waals surface area contributed by atoms with Crippen LogP contribution >= 0.6 is 0 Å². The SMILES string of the molecule is C=C([CH2+])CC(=C)[O-]. The second-order valence-electron chi connectivity index (χ2n) is 1.47. The Kier molecular flexibility index (Phi) is 2.06. The Morgan fingerprint density at radius 3 is 2.00 bits per heavy atom. The zero-order chi connectivity index (χ0) is 5.86. The Morgan fingerprint density at radius 2 is 2.00 bits per heavy atom. The van der Waals surface area contributed by atoms with Gasteiger partial charge in [-0.05, 0) is 0 Å². The molecule has 0 aromatic rings. The van der Waals surface area contributed by atoms with E-state index in [2.05, 4.69) is 20.1 Å². The summed E-state index contributed by atoms with van der Waals surface area (Å²) in [5.41, 5.74) is 0.625. The molecule has 0 rings (SSSR count). The van der Waals surface area contributed by atoms with Crippen molar-refractivity contribution < 1.29 is 5.11 Å². The molecule has 0 spiro atoms. The lowest BCUT2D eigenvalue weighted by Crippen LogP contribution is -2.00. The highest BCUT2D eigenvalue weighted by atomic mass is 16.3. The predicted octanol–water partition coefficient (Wildman–Crippen LogP) is 0.641. The van der Waals surface area contributed by atoms with Crippen molar-refractivity contribution in [3.05, 3.63) is 31.4 Å². The van der Waals surface area contributed by atoms with Crippen LogP contribution in [-0.4, -0.2) is 0 Å². The van der Waals surface area contributed by atoms with Gasteiger partial charge >= 0.3 is 0 Å². The van der Waals surface area contributed by atoms with Crippen LogP contribution in [-0.2, 0) is 0 Å². The second-order valence-corrected chi connectivity index (χ2v) is 1.47. The van der Waals surface area contributed by atoms with E-state index >= 15 is 0 Å². The smallest absolute Gasteiger partial charge is 0.0995 e. The van der Waals surface area contributed by atoms with Crippen molar-refractivity contribution in [1.82, 2.24) is 0 Å². The first kappa shape index (κ1) is 6.15. The average molecular weight is 96.1 g/mol. The third kappa shape index (κ3) is 5.15. The van der Waals surface area contributed by atoms with Crippen molar-refractivity contribution in [1.29, 1.82) is 0 Å². The molecular weight excluding hydrogens is 88.1 g/mol. The van der Waals surface area contributed by atoms with Gasteiger partial charge in [-0.1, -0.05) is 0 Å². The van der Waals surface area contributed by atoms with Crippen LogP contribution in [0.1, 0.15) is 6.42 Å². The van der Waals surface area contributed by atoms with E-state index < -0.39 is 0 Å². The summed E-state index contributed by atoms with van der Waals surface area (Å²) in [4.78, 5) is 0. The van der Waals surface area contributed by atoms with Crippen LogP contribution in [0.2, 0.25) is 0 Å². The molecule has 0 unspecified atom stereocenters. The van der Waals surface area contributed by atoms with E-state index in [4.69, 9.17) is 0 Å². The molecule has 0 saturated heterocycles. The molecule has 0 aromatic heterocycles. The summed E-state index contributed by atoms with van der Waals surface area (Å²) in [5.74, 6) is -0.125. The van der Waals surface area contributed by atoms with Crippen molar-refractivity contribution in [2.75, 3.05) is 0 Å². The van der Waals surface area contributed by atoms with E-state index in [0.29, 0.717) is 12.0 Å². The second kappa shape index (κ2) is 2.35. The fourth-order valence-corrected chi connectivity index (χ4v) is 0.279. The van der Waals surface area contributed by atoms with E-state index in [1.165, 1.54) is 0 Å². The first-order valence-corrected chi connectivity index (χ1v) is 1.97. The van der Waals surface area contributed by atoms with Gasteiger partial charge in [0.1, 0.15) is 0 Å². The zero-order valence-corrected chi connectivity index (χ0v) is 4.24. The maximum absolute atomic E-state index is 10.0. The summed E-state index contributed by atoms with van der Waals surface area (Å²) >= 11 is 0. The molecule has 1 nitrogen and oxygen atoms in total. The van der Waals surface area contributed by atoms with Gasteiger partial charge in [-0.3, -0.25) is 0 Å². The van der Waals surface area contributed by atoms with Gasteiger partial charge < -0.3 is 5.11 Å². The third-order valence-corrected chi connectivity index (χ3v) is 0.447. The summed E-state index contributed by atoms with van der Waals surface area (Å²) in [6.45, 7) is 9.99. The van der Waals surface area contributed by atoms with Gasteiger partial charge in [0, 0.05) is 19.9 Å². The molecule has 0 heterocycles. The first-order chi connectivity index (χ1) is 3.13. The molecule has 0 atom stereocenters. The summed E-state index contributed by atoms with van der Waals surface area (Å²) < 4.78 is 0. The third-order valence-electron chi connectivity index (χ3n) is 0.447. The number of hydrogen-bond donors (Lipinski definition) is 0. The van der Waals surface area contributed by atoms with Crippen molar-refractivity contribution in [2.24, 2.45) is 0 Å². The molecule has 7 heavy (non-hydrogen) atoms. The molecule has 0 aliphatic rings. The summed E-state index contributed by atoms with van der Waals surface area (Å²) in [6.07, 6.45) is 0.306. The van der Waals surface area contributed by atoms with Crippen LogP contribution in [0.4, 0.5) is 0 Å². The monoisotopic (exact) mass is 96.1 g/mol. The van der Waals surface area contributed by atoms with Gasteiger partial charge in [0.25, 0.3) is 0 Å². The van der Waals surface area contributed by atoms with E-state index in [1.807, 2.05) is 0 Å². The van der Waals surface area contributed by atoms with Crippen LogP contribution in [0.5, 0.6) is 0 Å². The molecule has 0 aliphatic carbocycles. The van der Waals surface area contributed by atoms with Gasteiger partial charge in [0.2, 0.25) is 0 Å². The minimum Gasteiger partial charge on any atom is -0.876 e. The standard InChI is InChI=1S/C6H8O/c1-5(2)4-6(3)7/h1-4H2. The highest BCUT2D eigenvalue weighted by molar-refractivity contribution is 5.05. The minimum atomic E-state index is -0.125. The van der Waals surface area contributed by atoms with Crippen molar-refractivity contribution in [3.63, 3.8) is 0 Å². The Morgan fingerprint density at radius 1 is 1.57 bits per heavy atom. The van der Waals surface area contributed by atoms with E-state index in [0.717, 1.165) is 0 Å². The molecular formula is C6H8O. The molecule has 0 aromatic carbocycles. The average Bonchev–Trinajstić information content (AvgIpc) is 1.27. The van der Waals surface area contributed by atoms with Crippen LogP contribution in [0.3, 0.4) is 0 Å². The molecule has 0 bridgehead atoms. The predicted molar refractivity (Wildman–Crippen MR) is 28.3 cm³/mol. The zero-order valence-electron chi connectivity index (χ0n) is 4.24.